The number of benzene rings is 1. The molecule has 2 nitrogen and oxygen atoms in total. The second-order valence-electron chi connectivity index (χ2n) is 4.15. The molecular weight excluding hydrogens is 186 g/mol. The van der Waals surface area contributed by atoms with Crippen molar-refractivity contribution < 1.29 is 4.74 Å². The molecule has 0 spiro atoms. The van der Waals surface area contributed by atoms with Crippen molar-refractivity contribution in [1.29, 1.82) is 0 Å². The van der Waals surface area contributed by atoms with Gasteiger partial charge in [0.15, 0.2) is 0 Å². The Labute approximate surface area is 91.6 Å². The first-order chi connectivity index (χ1) is 7.40. The maximum Gasteiger partial charge on any atom is 0.0952 e. The fourth-order valence-electron chi connectivity index (χ4n) is 1.84. The van der Waals surface area contributed by atoms with Crippen LogP contribution >= 0.6 is 0 Å². The van der Waals surface area contributed by atoms with Crippen molar-refractivity contribution in [1.82, 2.24) is 5.32 Å². The number of rotatable bonds is 5. The molecule has 1 aromatic rings. The zero-order valence-corrected chi connectivity index (χ0v) is 9.28. The van der Waals surface area contributed by atoms with E-state index in [1.54, 1.807) is 0 Å². The predicted octanol–water partition coefficient (Wildman–Crippen LogP) is 2.52. The largest absolute Gasteiger partial charge is 0.369 e. The zero-order chi connectivity index (χ0) is 10.5. The van der Waals surface area contributed by atoms with Gasteiger partial charge in [0.25, 0.3) is 0 Å². The normalized spacial score (nSPS) is 18.5. The predicted molar refractivity (Wildman–Crippen MR) is 61.8 cm³/mol. The van der Waals surface area contributed by atoms with Crippen molar-refractivity contribution in [3.8, 4) is 0 Å². The highest BCUT2D eigenvalue weighted by molar-refractivity contribution is 5.18. The molecule has 0 heterocycles. The summed E-state index contributed by atoms with van der Waals surface area (Å²) in [6.07, 6.45) is 4.48. The molecule has 0 amide bonds. The number of likely N-dealkylation sites (N-methyl/N-ethyl adjacent to an activating group) is 1. The molecule has 0 aromatic heterocycles. The van der Waals surface area contributed by atoms with Gasteiger partial charge in [0.1, 0.15) is 0 Å². The van der Waals surface area contributed by atoms with E-state index in [1.165, 1.54) is 24.8 Å². The molecule has 1 unspecified atom stereocenters. The molecule has 1 N–H and O–H groups in total. The lowest BCUT2D eigenvalue weighted by atomic mass is 9.95. The van der Waals surface area contributed by atoms with Gasteiger partial charge in [-0.15, -0.1) is 0 Å². The Balaban J connectivity index is 1.98. The summed E-state index contributed by atoms with van der Waals surface area (Å²) in [5, 5.41) is 3.19. The van der Waals surface area contributed by atoms with E-state index < -0.39 is 0 Å². The molecule has 1 atom stereocenters. The van der Waals surface area contributed by atoms with E-state index in [4.69, 9.17) is 4.74 Å². The molecule has 0 bridgehead atoms. The molecule has 1 saturated carbocycles. The van der Waals surface area contributed by atoms with Crippen LogP contribution < -0.4 is 5.32 Å². The van der Waals surface area contributed by atoms with E-state index >= 15 is 0 Å². The molecule has 1 fully saturated rings. The minimum Gasteiger partial charge on any atom is -0.369 e. The highest BCUT2D eigenvalue weighted by Gasteiger charge is 2.22. The molecule has 0 radical (unpaired) electrons. The quantitative estimate of drug-likeness (QED) is 0.797. The van der Waals surface area contributed by atoms with Crippen LogP contribution in [0.15, 0.2) is 30.3 Å². The summed E-state index contributed by atoms with van der Waals surface area (Å²) in [7, 11) is 1.97. The number of hydrogen-bond acceptors (Lipinski definition) is 2. The maximum absolute atomic E-state index is 6.05. The van der Waals surface area contributed by atoms with Crippen molar-refractivity contribution in [3.05, 3.63) is 35.9 Å². The Morgan fingerprint density at radius 2 is 2.07 bits per heavy atom. The molecule has 1 aliphatic rings. The lowest BCUT2D eigenvalue weighted by molar-refractivity contribution is -0.0513. The summed E-state index contributed by atoms with van der Waals surface area (Å²) < 4.78 is 6.05. The van der Waals surface area contributed by atoms with Crippen LogP contribution in [0.4, 0.5) is 0 Å². The first-order valence-electron chi connectivity index (χ1n) is 5.75. The van der Waals surface area contributed by atoms with E-state index in [2.05, 4.69) is 29.6 Å². The van der Waals surface area contributed by atoms with E-state index in [1.807, 2.05) is 13.1 Å². The van der Waals surface area contributed by atoms with Gasteiger partial charge >= 0.3 is 0 Å². The van der Waals surface area contributed by atoms with Crippen LogP contribution in [0.1, 0.15) is 30.9 Å². The van der Waals surface area contributed by atoms with Gasteiger partial charge in [-0.05, 0) is 31.9 Å². The second kappa shape index (κ2) is 5.29. The minimum absolute atomic E-state index is 0.210. The first-order valence-corrected chi connectivity index (χ1v) is 5.75. The summed E-state index contributed by atoms with van der Waals surface area (Å²) >= 11 is 0. The Morgan fingerprint density at radius 3 is 2.60 bits per heavy atom. The van der Waals surface area contributed by atoms with Crippen molar-refractivity contribution in [2.24, 2.45) is 0 Å². The summed E-state index contributed by atoms with van der Waals surface area (Å²) in [4.78, 5) is 0. The fourth-order valence-corrected chi connectivity index (χ4v) is 1.84. The topological polar surface area (TPSA) is 21.3 Å². The number of nitrogens with one attached hydrogen (secondary N) is 1. The highest BCUT2D eigenvalue weighted by Crippen LogP contribution is 2.28. The van der Waals surface area contributed by atoms with Crippen LogP contribution in [0.3, 0.4) is 0 Å². The fraction of sp³-hybridized carbons (Fsp3) is 0.538. The zero-order valence-electron chi connectivity index (χ0n) is 9.28. The number of hydrogen-bond donors (Lipinski definition) is 1. The van der Waals surface area contributed by atoms with Crippen LogP contribution in [-0.4, -0.2) is 19.7 Å². The van der Waals surface area contributed by atoms with Gasteiger partial charge in [-0.3, -0.25) is 0 Å². The third-order valence-electron chi connectivity index (χ3n) is 2.97. The Morgan fingerprint density at radius 1 is 1.33 bits per heavy atom. The summed E-state index contributed by atoms with van der Waals surface area (Å²) in [6.45, 7) is 0.889. The van der Waals surface area contributed by atoms with Crippen LogP contribution in [0.2, 0.25) is 0 Å². The van der Waals surface area contributed by atoms with Crippen LogP contribution in [0, 0.1) is 0 Å². The standard InChI is InChI=1S/C13H19NO/c1-14-10-13(15-12-8-5-9-12)11-6-3-2-4-7-11/h2-4,6-7,12-14H,5,8-10H2,1H3. The highest BCUT2D eigenvalue weighted by atomic mass is 16.5. The van der Waals surface area contributed by atoms with Gasteiger partial charge in [0.2, 0.25) is 0 Å². The van der Waals surface area contributed by atoms with E-state index in [0.717, 1.165) is 6.54 Å². The van der Waals surface area contributed by atoms with E-state index in [-0.39, 0.29) is 6.10 Å². The van der Waals surface area contributed by atoms with Crippen LogP contribution in [0.5, 0.6) is 0 Å². The van der Waals surface area contributed by atoms with Crippen molar-refractivity contribution in [2.45, 2.75) is 31.5 Å². The van der Waals surface area contributed by atoms with Crippen molar-refractivity contribution >= 4 is 0 Å². The maximum atomic E-state index is 6.05. The molecule has 2 rings (SSSR count). The average Bonchev–Trinajstić information content (AvgIpc) is 2.23. The van der Waals surface area contributed by atoms with Crippen molar-refractivity contribution in [3.63, 3.8) is 0 Å². The Kier molecular flexibility index (Phi) is 3.75. The molecule has 82 valence electrons. The van der Waals surface area contributed by atoms with Gasteiger partial charge in [-0.1, -0.05) is 30.3 Å². The summed E-state index contributed by atoms with van der Waals surface area (Å²) in [5.41, 5.74) is 1.28. The monoisotopic (exact) mass is 205 g/mol. The molecule has 1 aliphatic carbocycles. The molecule has 0 saturated heterocycles. The SMILES string of the molecule is CNCC(OC1CCC1)c1ccccc1. The van der Waals surface area contributed by atoms with Crippen molar-refractivity contribution in [2.75, 3.05) is 13.6 Å². The van der Waals surface area contributed by atoms with Gasteiger partial charge in [0, 0.05) is 6.54 Å². The Bertz CT molecular complexity index is 282. The van der Waals surface area contributed by atoms with Crippen LogP contribution in [0.25, 0.3) is 0 Å². The molecule has 0 aliphatic heterocycles. The molecule has 2 heteroatoms. The summed E-state index contributed by atoms with van der Waals surface area (Å²) in [6, 6.07) is 10.5. The molecular formula is C13H19NO. The van der Waals surface area contributed by atoms with Crippen LogP contribution in [-0.2, 0) is 4.74 Å². The third-order valence-corrected chi connectivity index (χ3v) is 2.97. The molecule has 15 heavy (non-hydrogen) atoms. The average molecular weight is 205 g/mol. The Hall–Kier alpha value is -0.860. The smallest absolute Gasteiger partial charge is 0.0952 e. The van der Waals surface area contributed by atoms with E-state index in [9.17, 15) is 0 Å². The van der Waals surface area contributed by atoms with E-state index in [0.29, 0.717) is 6.10 Å². The number of ether oxygens (including phenoxy) is 1. The minimum atomic E-state index is 0.210. The lowest BCUT2D eigenvalue weighted by Crippen LogP contribution is -2.28. The van der Waals surface area contributed by atoms with Gasteiger partial charge in [0.05, 0.1) is 12.2 Å². The molecule has 1 aromatic carbocycles. The first kappa shape index (κ1) is 10.7. The van der Waals surface area contributed by atoms with Gasteiger partial charge in [-0.25, -0.2) is 0 Å². The van der Waals surface area contributed by atoms with Gasteiger partial charge < -0.3 is 10.1 Å². The third kappa shape index (κ3) is 2.80. The lowest BCUT2D eigenvalue weighted by Gasteiger charge is -2.30. The summed E-state index contributed by atoms with van der Waals surface area (Å²) in [5.74, 6) is 0. The van der Waals surface area contributed by atoms with Gasteiger partial charge in [-0.2, -0.15) is 0 Å². The second-order valence-corrected chi connectivity index (χ2v) is 4.15.